The number of nitrogens with one attached hydrogen (secondary N) is 1. The molecule has 1 saturated heterocycles. The Morgan fingerprint density at radius 2 is 1.58 bits per heavy atom. The lowest BCUT2D eigenvalue weighted by Crippen LogP contribution is -2.53. The highest BCUT2D eigenvalue weighted by Crippen LogP contribution is 2.35. The van der Waals surface area contributed by atoms with E-state index in [4.69, 9.17) is 14.2 Å². The Hall–Kier alpha value is -3.22. The maximum atomic E-state index is 6.08. The van der Waals surface area contributed by atoms with Crippen molar-refractivity contribution in [3.8, 4) is 17.2 Å². The highest BCUT2D eigenvalue weighted by Gasteiger charge is 2.19. The van der Waals surface area contributed by atoms with Gasteiger partial charge in [-0.15, -0.1) is 0 Å². The van der Waals surface area contributed by atoms with E-state index in [1.807, 2.05) is 42.5 Å². The molecular formula is C25H29N3O3. The van der Waals surface area contributed by atoms with Gasteiger partial charge >= 0.3 is 0 Å². The third-order valence-electron chi connectivity index (χ3n) is 5.12. The van der Waals surface area contributed by atoms with Crippen LogP contribution in [0.15, 0.2) is 72.8 Å². The first kappa shape index (κ1) is 21.0. The van der Waals surface area contributed by atoms with Crippen molar-refractivity contribution in [3.63, 3.8) is 0 Å². The number of anilines is 2. The molecule has 6 heteroatoms. The number of ether oxygens (including phenoxy) is 3. The van der Waals surface area contributed by atoms with Crippen LogP contribution in [-0.4, -0.2) is 40.3 Å². The lowest BCUT2D eigenvalue weighted by atomic mass is 10.2. The van der Waals surface area contributed by atoms with E-state index in [-0.39, 0.29) is 0 Å². The minimum atomic E-state index is 0.457. The van der Waals surface area contributed by atoms with Gasteiger partial charge in [-0.05, 0) is 48.9 Å². The van der Waals surface area contributed by atoms with Gasteiger partial charge in [0, 0.05) is 24.6 Å². The van der Waals surface area contributed by atoms with E-state index in [2.05, 4.69) is 52.4 Å². The van der Waals surface area contributed by atoms with E-state index < -0.39 is 0 Å². The summed E-state index contributed by atoms with van der Waals surface area (Å²) in [5, 5.41) is 3.49. The van der Waals surface area contributed by atoms with E-state index in [1.54, 1.807) is 7.11 Å². The molecule has 4 rings (SSSR count). The van der Waals surface area contributed by atoms with Gasteiger partial charge in [0.15, 0.2) is 11.5 Å². The zero-order valence-corrected chi connectivity index (χ0v) is 18.1. The van der Waals surface area contributed by atoms with Crippen molar-refractivity contribution in [1.82, 2.24) is 5.32 Å². The van der Waals surface area contributed by atoms with Crippen molar-refractivity contribution in [2.75, 3.05) is 50.1 Å². The van der Waals surface area contributed by atoms with Crippen molar-refractivity contribution < 1.29 is 14.2 Å². The smallest absolute Gasteiger partial charge is 0.169 e. The van der Waals surface area contributed by atoms with Crippen LogP contribution in [0.2, 0.25) is 0 Å². The molecule has 0 saturated carbocycles. The molecule has 0 unspecified atom stereocenters. The van der Waals surface area contributed by atoms with Gasteiger partial charge in [-0.25, -0.2) is 0 Å². The molecule has 6 nitrogen and oxygen atoms in total. The minimum absolute atomic E-state index is 0.457. The average molecular weight is 420 g/mol. The zero-order chi connectivity index (χ0) is 21.5. The predicted octanol–water partition coefficient (Wildman–Crippen LogP) is 4.60. The molecular weight excluding hydrogens is 390 g/mol. The molecule has 1 fully saturated rings. The number of benzene rings is 3. The highest BCUT2D eigenvalue weighted by atomic mass is 16.5. The summed E-state index contributed by atoms with van der Waals surface area (Å²) >= 11 is 0. The van der Waals surface area contributed by atoms with Crippen LogP contribution in [0.25, 0.3) is 0 Å². The predicted molar refractivity (Wildman–Crippen MR) is 124 cm³/mol. The zero-order valence-electron chi connectivity index (χ0n) is 18.1. The van der Waals surface area contributed by atoms with Crippen molar-refractivity contribution >= 4 is 11.4 Å². The largest absolute Gasteiger partial charge is 0.487 e. The minimum Gasteiger partial charge on any atom is -0.487 e. The van der Waals surface area contributed by atoms with Crippen LogP contribution in [0.5, 0.6) is 17.2 Å². The Morgan fingerprint density at radius 3 is 2.32 bits per heavy atom. The fourth-order valence-corrected chi connectivity index (χ4v) is 3.54. The summed E-state index contributed by atoms with van der Waals surface area (Å²) in [6.45, 7) is 5.45. The maximum absolute atomic E-state index is 6.08. The Kier molecular flexibility index (Phi) is 6.92. The summed E-state index contributed by atoms with van der Waals surface area (Å²) in [4.78, 5) is 4.59. The van der Waals surface area contributed by atoms with Gasteiger partial charge in [0.2, 0.25) is 0 Å². The van der Waals surface area contributed by atoms with Crippen molar-refractivity contribution in [1.29, 1.82) is 0 Å². The Labute approximate surface area is 184 Å². The van der Waals surface area contributed by atoms with Crippen LogP contribution in [0.3, 0.4) is 0 Å². The molecule has 3 aromatic rings. The van der Waals surface area contributed by atoms with Crippen LogP contribution < -0.4 is 24.6 Å². The Morgan fingerprint density at radius 1 is 0.806 bits per heavy atom. The second-order valence-electron chi connectivity index (χ2n) is 7.51. The van der Waals surface area contributed by atoms with Crippen molar-refractivity contribution in [2.45, 2.75) is 6.92 Å². The molecule has 0 aromatic heterocycles. The van der Waals surface area contributed by atoms with Crippen LogP contribution in [0.1, 0.15) is 5.56 Å². The second-order valence-corrected chi connectivity index (χ2v) is 7.51. The molecule has 0 bridgehead atoms. The highest BCUT2D eigenvalue weighted by molar-refractivity contribution is 5.59. The first-order valence-electron chi connectivity index (χ1n) is 10.5. The van der Waals surface area contributed by atoms with E-state index in [0.717, 1.165) is 31.4 Å². The first-order chi connectivity index (χ1) is 15.2. The van der Waals surface area contributed by atoms with Crippen LogP contribution in [-0.2, 0) is 4.74 Å². The number of methoxy groups -OCH3 is 1. The standard InChI is InChI=1S/C25H29N3O3/c1-20-7-6-8-21(15-20)27-17-26-18-28(19-27)22-11-12-24(25(16-22)30-14-13-29-2)31-23-9-4-3-5-10-23/h3-12,15-16,26H,13-14,17-19H2,1-2H3. The van der Waals surface area contributed by atoms with Gasteiger partial charge in [0.05, 0.1) is 26.6 Å². The molecule has 1 heterocycles. The van der Waals surface area contributed by atoms with E-state index in [9.17, 15) is 0 Å². The quantitative estimate of drug-likeness (QED) is 0.539. The molecule has 0 radical (unpaired) electrons. The summed E-state index contributed by atoms with van der Waals surface area (Å²) < 4.78 is 17.2. The summed E-state index contributed by atoms with van der Waals surface area (Å²) in [6.07, 6.45) is 0. The van der Waals surface area contributed by atoms with Gasteiger partial charge in [0.1, 0.15) is 12.4 Å². The fraction of sp³-hybridized carbons (Fsp3) is 0.280. The van der Waals surface area contributed by atoms with E-state index >= 15 is 0 Å². The number of nitrogens with zero attached hydrogens (tertiary/aromatic N) is 2. The third-order valence-corrected chi connectivity index (χ3v) is 5.12. The summed E-state index contributed by atoms with van der Waals surface area (Å²) in [5.41, 5.74) is 3.53. The van der Waals surface area contributed by atoms with Gasteiger partial charge < -0.3 is 24.0 Å². The maximum Gasteiger partial charge on any atom is 0.169 e. The SMILES string of the molecule is COCCOc1cc(N2CNCN(c3cccc(C)c3)C2)ccc1Oc1ccccc1. The molecule has 0 amide bonds. The topological polar surface area (TPSA) is 46.2 Å². The van der Waals surface area contributed by atoms with Crippen molar-refractivity contribution in [2.24, 2.45) is 0 Å². The molecule has 1 aliphatic rings. The van der Waals surface area contributed by atoms with Gasteiger partial charge in [-0.3, -0.25) is 5.32 Å². The Balaban J connectivity index is 1.54. The second kappa shape index (κ2) is 10.2. The molecule has 1 aliphatic heterocycles. The lowest BCUT2D eigenvalue weighted by Gasteiger charge is -2.39. The summed E-state index contributed by atoms with van der Waals surface area (Å²) in [6, 6.07) is 24.4. The molecule has 0 atom stereocenters. The van der Waals surface area contributed by atoms with Crippen molar-refractivity contribution in [3.05, 3.63) is 78.4 Å². The molecule has 31 heavy (non-hydrogen) atoms. The van der Waals surface area contributed by atoms with E-state index in [0.29, 0.717) is 24.7 Å². The van der Waals surface area contributed by atoms with Gasteiger partial charge in [-0.1, -0.05) is 30.3 Å². The molecule has 1 N–H and O–H groups in total. The van der Waals surface area contributed by atoms with Crippen LogP contribution in [0, 0.1) is 6.92 Å². The summed E-state index contributed by atoms with van der Waals surface area (Å²) in [5.74, 6) is 2.16. The van der Waals surface area contributed by atoms with Crippen LogP contribution >= 0.6 is 0 Å². The number of aryl methyl sites for hydroxylation is 1. The monoisotopic (exact) mass is 419 g/mol. The number of para-hydroxylation sites is 1. The lowest BCUT2D eigenvalue weighted by molar-refractivity contribution is 0.144. The normalized spacial score (nSPS) is 13.9. The van der Waals surface area contributed by atoms with E-state index in [1.165, 1.54) is 11.3 Å². The van der Waals surface area contributed by atoms with Crippen LogP contribution in [0.4, 0.5) is 11.4 Å². The third kappa shape index (κ3) is 5.48. The number of hydrogen-bond acceptors (Lipinski definition) is 6. The Bertz CT molecular complexity index is 981. The molecule has 162 valence electrons. The average Bonchev–Trinajstić information content (AvgIpc) is 2.81. The summed E-state index contributed by atoms with van der Waals surface area (Å²) in [7, 11) is 1.67. The van der Waals surface area contributed by atoms with Gasteiger partial charge in [0.25, 0.3) is 0 Å². The fourth-order valence-electron chi connectivity index (χ4n) is 3.54. The van der Waals surface area contributed by atoms with Gasteiger partial charge in [-0.2, -0.15) is 0 Å². The molecule has 3 aromatic carbocycles. The number of rotatable bonds is 8. The number of hydrogen-bond donors (Lipinski definition) is 1. The first-order valence-corrected chi connectivity index (χ1v) is 10.5. The molecule has 0 spiro atoms. The molecule has 0 aliphatic carbocycles.